The Bertz CT molecular complexity index is 1030. The highest BCUT2D eigenvalue weighted by Crippen LogP contribution is 2.20. The zero-order chi connectivity index (χ0) is 18.8. The Kier molecular flexibility index (Phi) is 4.67. The molecule has 0 saturated heterocycles. The Morgan fingerprint density at radius 3 is 2.23 bits per heavy atom. The zero-order valence-electron chi connectivity index (χ0n) is 15.1. The van der Waals surface area contributed by atoms with Crippen LogP contribution in [0.1, 0.15) is 37.7 Å². The van der Waals surface area contributed by atoms with E-state index in [9.17, 15) is 9.59 Å². The molecule has 1 amide bonds. The molecule has 0 atom stereocenters. The molecule has 0 aliphatic rings. The van der Waals surface area contributed by atoms with Crippen LogP contribution >= 0.6 is 0 Å². The van der Waals surface area contributed by atoms with Gasteiger partial charge in [0.2, 0.25) is 0 Å². The van der Waals surface area contributed by atoms with Gasteiger partial charge >= 0.3 is 5.97 Å². The number of nitrogens with one attached hydrogen (secondary N) is 1. The standard InChI is InChI=1S/C20H19N3O3/c1-11-5-6-15(20(25)26-4)10-17(11)23-19(24)14-7-8-16-18(9-14)22-13(3)12(2)21-16/h5-10H,1-4H3,(H,23,24). The number of aryl methyl sites for hydroxylation is 3. The number of anilines is 1. The van der Waals surface area contributed by atoms with E-state index in [0.717, 1.165) is 22.5 Å². The smallest absolute Gasteiger partial charge is 0.337 e. The molecule has 26 heavy (non-hydrogen) atoms. The first kappa shape index (κ1) is 17.5. The lowest BCUT2D eigenvalue weighted by Crippen LogP contribution is -2.14. The molecule has 6 heteroatoms. The van der Waals surface area contributed by atoms with Crippen LogP contribution in [0.25, 0.3) is 11.0 Å². The summed E-state index contributed by atoms with van der Waals surface area (Å²) in [6.45, 7) is 5.64. The fourth-order valence-corrected chi connectivity index (χ4v) is 2.57. The summed E-state index contributed by atoms with van der Waals surface area (Å²) in [4.78, 5) is 33.3. The first-order valence-corrected chi connectivity index (χ1v) is 8.14. The fourth-order valence-electron chi connectivity index (χ4n) is 2.57. The van der Waals surface area contributed by atoms with Crippen molar-refractivity contribution in [3.63, 3.8) is 0 Å². The maximum Gasteiger partial charge on any atom is 0.337 e. The van der Waals surface area contributed by atoms with E-state index < -0.39 is 5.97 Å². The maximum absolute atomic E-state index is 12.6. The molecule has 6 nitrogen and oxygen atoms in total. The van der Waals surface area contributed by atoms with Crippen LogP contribution in [0.3, 0.4) is 0 Å². The lowest BCUT2D eigenvalue weighted by Gasteiger charge is -2.11. The molecule has 0 spiro atoms. The predicted octanol–water partition coefficient (Wildman–Crippen LogP) is 3.59. The van der Waals surface area contributed by atoms with Crippen molar-refractivity contribution in [2.75, 3.05) is 12.4 Å². The van der Waals surface area contributed by atoms with Crippen molar-refractivity contribution in [1.29, 1.82) is 0 Å². The number of fused-ring (bicyclic) bond motifs is 1. The minimum atomic E-state index is -0.452. The van der Waals surface area contributed by atoms with Crippen molar-refractivity contribution in [3.8, 4) is 0 Å². The van der Waals surface area contributed by atoms with Gasteiger partial charge in [-0.15, -0.1) is 0 Å². The van der Waals surface area contributed by atoms with Crippen LogP contribution in [0.15, 0.2) is 36.4 Å². The molecule has 1 heterocycles. The van der Waals surface area contributed by atoms with Crippen LogP contribution in [0.5, 0.6) is 0 Å². The average Bonchev–Trinajstić information content (AvgIpc) is 2.63. The van der Waals surface area contributed by atoms with Gasteiger partial charge in [-0.05, 0) is 56.7 Å². The molecule has 3 aromatic rings. The molecule has 3 rings (SSSR count). The molecule has 0 aliphatic carbocycles. The van der Waals surface area contributed by atoms with E-state index in [-0.39, 0.29) is 5.91 Å². The van der Waals surface area contributed by atoms with Crippen molar-refractivity contribution < 1.29 is 14.3 Å². The molecule has 0 radical (unpaired) electrons. The summed E-state index contributed by atoms with van der Waals surface area (Å²) < 4.78 is 4.72. The number of methoxy groups -OCH3 is 1. The Morgan fingerprint density at radius 2 is 1.54 bits per heavy atom. The van der Waals surface area contributed by atoms with Crippen molar-refractivity contribution in [2.24, 2.45) is 0 Å². The monoisotopic (exact) mass is 349 g/mol. The number of aromatic nitrogens is 2. The summed E-state index contributed by atoms with van der Waals surface area (Å²) in [5.41, 5.74) is 5.36. The van der Waals surface area contributed by atoms with E-state index >= 15 is 0 Å². The summed E-state index contributed by atoms with van der Waals surface area (Å²) in [6, 6.07) is 10.2. The number of esters is 1. The van der Waals surface area contributed by atoms with Gasteiger partial charge in [0.05, 0.1) is 35.1 Å². The van der Waals surface area contributed by atoms with E-state index in [2.05, 4.69) is 15.3 Å². The highest BCUT2D eigenvalue weighted by atomic mass is 16.5. The molecule has 0 bridgehead atoms. The first-order valence-electron chi connectivity index (χ1n) is 8.14. The third kappa shape index (κ3) is 3.39. The van der Waals surface area contributed by atoms with Crippen LogP contribution < -0.4 is 5.32 Å². The Hall–Kier alpha value is -3.28. The molecule has 2 aromatic carbocycles. The minimum Gasteiger partial charge on any atom is -0.465 e. The van der Waals surface area contributed by atoms with Gasteiger partial charge in [-0.25, -0.2) is 14.8 Å². The first-order chi connectivity index (χ1) is 12.4. The number of hydrogen-bond acceptors (Lipinski definition) is 5. The van der Waals surface area contributed by atoms with Crippen molar-refractivity contribution in [1.82, 2.24) is 9.97 Å². The summed E-state index contributed by atoms with van der Waals surface area (Å²) in [5.74, 6) is -0.732. The molecule has 1 N–H and O–H groups in total. The number of amides is 1. The Morgan fingerprint density at radius 1 is 0.885 bits per heavy atom. The van der Waals surface area contributed by atoms with Gasteiger partial charge in [-0.1, -0.05) is 6.07 Å². The van der Waals surface area contributed by atoms with Gasteiger partial charge in [0, 0.05) is 11.3 Å². The van der Waals surface area contributed by atoms with Crippen molar-refractivity contribution >= 4 is 28.6 Å². The van der Waals surface area contributed by atoms with Crippen LogP contribution in [0.4, 0.5) is 5.69 Å². The fraction of sp³-hybridized carbons (Fsp3) is 0.200. The highest BCUT2D eigenvalue weighted by molar-refractivity contribution is 6.06. The SMILES string of the molecule is COC(=O)c1ccc(C)c(NC(=O)c2ccc3nc(C)c(C)nc3c2)c1. The van der Waals surface area contributed by atoms with E-state index in [1.54, 1.807) is 36.4 Å². The van der Waals surface area contributed by atoms with Crippen LogP contribution in [-0.2, 0) is 4.74 Å². The number of rotatable bonds is 3. The highest BCUT2D eigenvalue weighted by Gasteiger charge is 2.13. The van der Waals surface area contributed by atoms with Crippen LogP contribution in [0, 0.1) is 20.8 Å². The van der Waals surface area contributed by atoms with Gasteiger partial charge in [0.1, 0.15) is 0 Å². The number of carbonyl (C=O) groups is 2. The van der Waals surface area contributed by atoms with E-state index in [1.807, 2.05) is 20.8 Å². The number of nitrogens with zero attached hydrogens (tertiary/aromatic N) is 2. The second-order valence-corrected chi connectivity index (χ2v) is 6.07. The average molecular weight is 349 g/mol. The van der Waals surface area contributed by atoms with Crippen molar-refractivity contribution in [2.45, 2.75) is 20.8 Å². The number of carbonyl (C=O) groups excluding carboxylic acids is 2. The van der Waals surface area contributed by atoms with Gasteiger partial charge < -0.3 is 10.1 Å². The molecule has 0 unspecified atom stereocenters. The summed E-state index contributed by atoms with van der Waals surface area (Å²) >= 11 is 0. The molecule has 1 aromatic heterocycles. The summed E-state index contributed by atoms with van der Waals surface area (Å²) in [5, 5.41) is 2.84. The Balaban J connectivity index is 1.92. The molecule has 0 saturated carbocycles. The van der Waals surface area contributed by atoms with Crippen LogP contribution in [-0.4, -0.2) is 29.0 Å². The lowest BCUT2D eigenvalue weighted by atomic mass is 10.1. The molecule has 0 aliphatic heterocycles. The maximum atomic E-state index is 12.6. The predicted molar refractivity (Wildman–Crippen MR) is 99.5 cm³/mol. The van der Waals surface area contributed by atoms with Crippen LogP contribution in [0.2, 0.25) is 0 Å². The van der Waals surface area contributed by atoms with Gasteiger partial charge in [0.25, 0.3) is 5.91 Å². The van der Waals surface area contributed by atoms with Crippen molar-refractivity contribution in [3.05, 3.63) is 64.5 Å². The third-order valence-electron chi connectivity index (χ3n) is 4.24. The Labute approximate surface area is 151 Å². The third-order valence-corrected chi connectivity index (χ3v) is 4.24. The van der Waals surface area contributed by atoms with E-state index in [1.165, 1.54) is 7.11 Å². The molecule has 132 valence electrons. The zero-order valence-corrected chi connectivity index (χ0v) is 15.1. The number of hydrogen-bond donors (Lipinski definition) is 1. The second-order valence-electron chi connectivity index (χ2n) is 6.07. The largest absolute Gasteiger partial charge is 0.465 e. The topological polar surface area (TPSA) is 81.2 Å². The quantitative estimate of drug-likeness (QED) is 0.731. The normalized spacial score (nSPS) is 10.6. The second kappa shape index (κ2) is 6.92. The van der Waals surface area contributed by atoms with E-state index in [0.29, 0.717) is 22.3 Å². The lowest BCUT2D eigenvalue weighted by molar-refractivity contribution is 0.0600. The van der Waals surface area contributed by atoms with E-state index in [4.69, 9.17) is 4.74 Å². The summed E-state index contributed by atoms with van der Waals surface area (Å²) in [6.07, 6.45) is 0. The summed E-state index contributed by atoms with van der Waals surface area (Å²) in [7, 11) is 1.32. The number of ether oxygens (including phenoxy) is 1. The number of benzene rings is 2. The van der Waals surface area contributed by atoms with Gasteiger partial charge in [-0.2, -0.15) is 0 Å². The van der Waals surface area contributed by atoms with Gasteiger partial charge in [0.15, 0.2) is 0 Å². The minimum absolute atomic E-state index is 0.281. The molecule has 0 fully saturated rings. The molecular weight excluding hydrogens is 330 g/mol. The molecular formula is C20H19N3O3. The van der Waals surface area contributed by atoms with Gasteiger partial charge in [-0.3, -0.25) is 4.79 Å².